The molecular formula is C14H15N3O2S2. The van der Waals surface area contributed by atoms with Gasteiger partial charge < -0.3 is 5.73 Å². The predicted molar refractivity (Wildman–Crippen MR) is 86.8 cm³/mol. The minimum Gasteiger partial charge on any atom is -0.389 e. The van der Waals surface area contributed by atoms with Gasteiger partial charge in [0.1, 0.15) is 4.99 Å². The van der Waals surface area contributed by atoms with Gasteiger partial charge in [-0.05, 0) is 37.6 Å². The second-order valence-corrected chi connectivity index (χ2v) is 6.68. The first-order chi connectivity index (χ1) is 9.81. The van der Waals surface area contributed by atoms with E-state index in [1.165, 1.54) is 6.07 Å². The second kappa shape index (κ2) is 5.79. The molecule has 2 aromatic rings. The van der Waals surface area contributed by atoms with Crippen LogP contribution >= 0.6 is 12.2 Å². The number of aromatic nitrogens is 1. The lowest BCUT2D eigenvalue weighted by molar-refractivity contribution is 0.600. The molecular weight excluding hydrogens is 306 g/mol. The number of pyridine rings is 1. The summed E-state index contributed by atoms with van der Waals surface area (Å²) < 4.78 is 27.6. The van der Waals surface area contributed by atoms with Crippen LogP contribution in [0.2, 0.25) is 0 Å². The second-order valence-electron chi connectivity index (χ2n) is 4.59. The molecule has 5 nitrogen and oxygen atoms in total. The van der Waals surface area contributed by atoms with Crippen molar-refractivity contribution in [1.29, 1.82) is 0 Å². The van der Waals surface area contributed by atoms with E-state index >= 15 is 0 Å². The van der Waals surface area contributed by atoms with Crippen LogP contribution in [0.4, 0.5) is 5.69 Å². The van der Waals surface area contributed by atoms with Crippen LogP contribution in [-0.2, 0) is 10.0 Å². The maximum absolute atomic E-state index is 12.5. The fraction of sp³-hybridized carbons (Fsp3) is 0.143. The van der Waals surface area contributed by atoms with Gasteiger partial charge >= 0.3 is 0 Å². The number of sulfonamides is 1. The first-order valence-corrected chi connectivity index (χ1v) is 8.05. The number of nitrogens with two attached hydrogens (primary N) is 1. The minimum atomic E-state index is -3.73. The highest BCUT2D eigenvalue weighted by atomic mass is 32.2. The molecule has 0 aliphatic heterocycles. The number of nitrogens with one attached hydrogen (secondary N) is 1. The lowest BCUT2D eigenvalue weighted by Gasteiger charge is -2.12. The van der Waals surface area contributed by atoms with Crippen molar-refractivity contribution in [3.63, 3.8) is 0 Å². The van der Waals surface area contributed by atoms with Gasteiger partial charge in [0, 0.05) is 11.8 Å². The normalized spacial score (nSPS) is 11.1. The van der Waals surface area contributed by atoms with Gasteiger partial charge in [0.25, 0.3) is 10.0 Å². The lowest BCUT2D eigenvalue weighted by atomic mass is 10.1. The van der Waals surface area contributed by atoms with Gasteiger partial charge in [-0.2, -0.15) is 0 Å². The third kappa shape index (κ3) is 3.37. The van der Waals surface area contributed by atoms with Crippen molar-refractivity contribution < 1.29 is 8.42 Å². The summed E-state index contributed by atoms with van der Waals surface area (Å²) in [5.74, 6) is 0. The third-order valence-corrected chi connectivity index (χ3v) is 4.76. The molecule has 110 valence electrons. The number of nitrogens with zero attached hydrogens (tertiary/aromatic N) is 1. The van der Waals surface area contributed by atoms with E-state index in [0.717, 1.165) is 0 Å². The van der Waals surface area contributed by atoms with Gasteiger partial charge in [-0.15, -0.1) is 0 Å². The van der Waals surface area contributed by atoms with Crippen molar-refractivity contribution in [3.05, 3.63) is 53.3 Å². The molecule has 0 fully saturated rings. The van der Waals surface area contributed by atoms with Crippen LogP contribution in [0.25, 0.3) is 0 Å². The summed E-state index contributed by atoms with van der Waals surface area (Å²) in [5.41, 5.74) is 7.73. The van der Waals surface area contributed by atoms with Gasteiger partial charge in [0.05, 0.1) is 16.3 Å². The zero-order valence-corrected chi connectivity index (χ0v) is 13.3. The molecule has 0 aliphatic rings. The molecule has 0 bridgehead atoms. The zero-order valence-electron chi connectivity index (χ0n) is 11.6. The maximum atomic E-state index is 12.5. The highest BCUT2D eigenvalue weighted by Crippen LogP contribution is 2.21. The third-order valence-electron chi connectivity index (χ3n) is 3.01. The molecule has 21 heavy (non-hydrogen) atoms. The van der Waals surface area contributed by atoms with Gasteiger partial charge in [0.2, 0.25) is 0 Å². The van der Waals surface area contributed by atoms with Crippen molar-refractivity contribution in [3.8, 4) is 0 Å². The van der Waals surface area contributed by atoms with E-state index in [-0.39, 0.29) is 9.88 Å². The molecule has 1 aromatic carbocycles. The molecule has 0 spiro atoms. The van der Waals surface area contributed by atoms with E-state index in [4.69, 9.17) is 18.0 Å². The summed E-state index contributed by atoms with van der Waals surface area (Å²) in [4.78, 5) is 4.36. The average molecular weight is 321 g/mol. The van der Waals surface area contributed by atoms with Crippen molar-refractivity contribution in [2.24, 2.45) is 5.73 Å². The molecule has 1 heterocycles. The van der Waals surface area contributed by atoms with Crippen molar-refractivity contribution >= 4 is 32.9 Å². The summed E-state index contributed by atoms with van der Waals surface area (Å²) >= 11 is 4.89. The molecule has 0 saturated carbocycles. The first kappa shape index (κ1) is 15.4. The van der Waals surface area contributed by atoms with Gasteiger partial charge in [-0.1, -0.05) is 24.4 Å². The number of rotatable bonds is 4. The average Bonchev–Trinajstić information content (AvgIpc) is 2.41. The fourth-order valence-electron chi connectivity index (χ4n) is 1.83. The van der Waals surface area contributed by atoms with Crippen LogP contribution in [-0.4, -0.2) is 18.4 Å². The van der Waals surface area contributed by atoms with E-state index in [0.29, 0.717) is 22.5 Å². The fourth-order valence-corrected chi connectivity index (χ4v) is 3.35. The Hall–Kier alpha value is -1.99. The van der Waals surface area contributed by atoms with Gasteiger partial charge in [-0.25, -0.2) is 8.42 Å². The van der Waals surface area contributed by atoms with Crippen LogP contribution in [0.1, 0.15) is 16.8 Å². The van der Waals surface area contributed by atoms with Gasteiger partial charge in [-0.3, -0.25) is 9.71 Å². The molecule has 3 N–H and O–H groups in total. The Morgan fingerprint density at radius 1 is 1.29 bits per heavy atom. The van der Waals surface area contributed by atoms with Crippen LogP contribution in [0.3, 0.4) is 0 Å². The van der Waals surface area contributed by atoms with E-state index in [2.05, 4.69) is 9.71 Å². The lowest BCUT2D eigenvalue weighted by Crippen LogP contribution is -2.17. The number of hydrogen-bond acceptors (Lipinski definition) is 4. The molecule has 0 atom stereocenters. The van der Waals surface area contributed by atoms with Gasteiger partial charge in [0.15, 0.2) is 0 Å². The Morgan fingerprint density at radius 2 is 2.00 bits per heavy atom. The summed E-state index contributed by atoms with van der Waals surface area (Å²) in [6.07, 6.45) is 1.60. The number of thiocarbonyl (C=S) groups is 1. The monoisotopic (exact) mass is 321 g/mol. The minimum absolute atomic E-state index is 0.149. The molecule has 0 amide bonds. The van der Waals surface area contributed by atoms with Crippen molar-refractivity contribution in [2.45, 2.75) is 18.7 Å². The number of anilines is 1. The van der Waals surface area contributed by atoms with Crippen molar-refractivity contribution in [2.75, 3.05) is 4.72 Å². The molecule has 7 heteroatoms. The Bertz CT molecular complexity index is 802. The Morgan fingerprint density at radius 3 is 2.62 bits per heavy atom. The maximum Gasteiger partial charge on any atom is 0.262 e. The SMILES string of the molecule is Cc1ccc(C(N)=S)cc1S(=O)(=O)Nc1cccnc1C. The molecule has 2 rings (SSSR count). The van der Waals surface area contributed by atoms with E-state index < -0.39 is 10.0 Å². The molecule has 0 aliphatic carbocycles. The van der Waals surface area contributed by atoms with E-state index in [1.807, 2.05) is 0 Å². The van der Waals surface area contributed by atoms with E-state index in [1.54, 1.807) is 44.3 Å². The predicted octanol–water partition coefficient (Wildman–Crippen LogP) is 2.13. The highest BCUT2D eigenvalue weighted by Gasteiger charge is 2.19. The Kier molecular flexibility index (Phi) is 4.24. The molecule has 0 unspecified atom stereocenters. The quantitative estimate of drug-likeness (QED) is 0.843. The first-order valence-electron chi connectivity index (χ1n) is 6.16. The number of benzene rings is 1. The topological polar surface area (TPSA) is 85.1 Å². The Labute approximate surface area is 129 Å². The summed E-state index contributed by atoms with van der Waals surface area (Å²) in [5, 5.41) is 0. The molecule has 1 aromatic heterocycles. The van der Waals surface area contributed by atoms with Crippen LogP contribution < -0.4 is 10.5 Å². The number of aryl methyl sites for hydroxylation is 2. The van der Waals surface area contributed by atoms with E-state index in [9.17, 15) is 8.42 Å². The standard InChI is InChI=1S/C14H15N3O2S2/c1-9-5-6-11(14(15)20)8-13(9)21(18,19)17-12-4-3-7-16-10(12)2/h3-8,17H,1-2H3,(H2,15,20). The van der Waals surface area contributed by atoms with Crippen LogP contribution in [0.5, 0.6) is 0 Å². The summed E-state index contributed by atoms with van der Waals surface area (Å²) in [6, 6.07) is 8.19. The molecule has 0 saturated heterocycles. The number of hydrogen-bond donors (Lipinski definition) is 2. The van der Waals surface area contributed by atoms with Crippen LogP contribution in [0.15, 0.2) is 41.4 Å². The van der Waals surface area contributed by atoms with Crippen molar-refractivity contribution in [1.82, 2.24) is 4.98 Å². The smallest absolute Gasteiger partial charge is 0.262 e. The zero-order chi connectivity index (χ0) is 15.6. The Balaban J connectivity index is 2.47. The van der Waals surface area contributed by atoms with Crippen LogP contribution in [0, 0.1) is 13.8 Å². The summed E-state index contributed by atoms with van der Waals surface area (Å²) in [6.45, 7) is 3.45. The highest BCUT2D eigenvalue weighted by molar-refractivity contribution is 7.92. The summed E-state index contributed by atoms with van der Waals surface area (Å²) in [7, 11) is -3.73. The molecule has 0 radical (unpaired) electrons. The largest absolute Gasteiger partial charge is 0.389 e.